The van der Waals surface area contributed by atoms with Crippen LogP contribution in [0.5, 0.6) is 0 Å². The Labute approximate surface area is 311 Å². The Hall–Kier alpha value is -0.810. The molecule has 300 valence electrons. The van der Waals surface area contributed by atoms with Gasteiger partial charge in [-0.05, 0) is 26.9 Å². The highest BCUT2D eigenvalue weighted by molar-refractivity contribution is 5.76. The number of hydrogen-bond donors (Lipinski definition) is 4. The van der Waals surface area contributed by atoms with E-state index < -0.39 is 0 Å². The van der Waals surface area contributed by atoms with Crippen LogP contribution in [0.1, 0.15) is 162 Å². The van der Waals surface area contributed by atoms with Crippen molar-refractivity contribution in [3.8, 4) is 0 Å². The van der Waals surface area contributed by atoms with E-state index >= 15 is 0 Å². The van der Waals surface area contributed by atoms with E-state index in [-0.39, 0.29) is 5.91 Å². The molecule has 9 nitrogen and oxygen atoms in total. The smallest absolute Gasteiger partial charge is 0.221 e. The Morgan fingerprint density at radius 3 is 1.34 bits per heavy atom. The summed E-state index contributed by atoms with van der Waals surface area (Å²) in [5, 5.41) is 13.2. The number of carbonyl (C=O) groups is 1. The van der Waals surface area contributed by atoms with Gasteiger partial charge in [-0.25, -0.2) is 0 Å². The minimum atomic E-state index is 0.119. The molecule has 0 unspecified atom stereocenters. The second-order valence-corrected chi connectivity index (χ2v) is 14.7. The van der Waals surface area contributed by atoms with Crippen LogP contribution in [0.3, 0.4) is 0 Å². The second-order valence-electron chi connectivity index (χ2n) is 14.7. The third-order valence-electron chi connectivity index (χ3n) is 9.42. The Balaban J connectivity index is 3.61. The highest BCUT2D eigenvalue weighted by Crippen LogP contribution is 2.12. The maximum Gasteiger partial charge on any atom is 0.221 e. The van der Waals surface area contributed by atoms with E-state index in [1.54, 1.807) is 0 Å². The molecule has 0 bridgehead atoms. The molecule has 0 heterocycles. The van der Waals surface area contributed by atoms with E-state index in [0.29, 0.717) is 26.4 Å². The van der Waals surface area contributed by atoms with Crippen LogP contribution in [-0.4, -0.2) is 115 Å². The van der Waals surface area contributed by atoms with Crippen LogP contribution in [-0.2, 0) is 14.3 Å². The molecule has 0 fully saturated rings. The molecule has 0 saturated carbocycles. The van der Waals surface area contributed by atoms with Crippen molar-refractivity contribution < 1.29 is 14.3 Å². The highest BCUT2D eigenvalue weighted by atomic mass is 16.5. The monoisotopic (exact) mass is 713 g/mol. The first kappa shape index (κ1) is 49.2. The highest BCUT2D eigenvalue weighted by Gasteiger charge is 2.09. The summed E-state index contributed by atoms with van der Waals surface area (Å²) in [4.78, 5) is 17.0. The van der Waals surface area contributed by atoms with Crippen molar-refractivity contribution >= 4 is 5.91 Å². The fraction of sp³-hybridized carbons (Fsp3) is 0.976. The van der Waals surface area contributed by atoms with Gasteiger partial charge < -0.3 is 29.9 Å². The van der Waals surface area contributed by atoms with Crippen molar-refractivity contribution in [2.75, 3.05) is 99.7 Å². The number of carbonyl (C=O) groups excluding carboxylic acids is 1. The number of hydrogen-bond acceptors (Lipinski definition) is 8. The predicted molar refractivity (Wildman–Crippen MR) is 216 cm³/mol. The lowest BCUT2D eigenvalue weighted by Crippen LogP contribution is -2.40. The molecule has 0 aliphatic heterocycles. The van der Waals surface area contributed by atoms with Crippen molar-refractivity contribution in [1.82, 2.24) is 31.1 Å². The summed E-state index contributed by atoms with van der Waals surface area (Å²) in [5.41, 5.74) is 0. The lowest BCUT2D eigenvalue weighted by molar-refractivity contribution is -0.121. The summed E-state index contributed by atoms with van der Waals surface area (Å²) >= 11 is 0. The lowest BCUT2D eigenvalue weighted by atomic mass is 10.1. The molecular formula is C41H88N6O3. The van der Waals surface area contributed by atoms with Crippen LogP contribution in [0.15, 0.2) is 0 Å². The minimum Gasteiger partial charge on any atom is -0.366 e. The van der Waals surface area contributed by atoms with Crippen LogP contribution in [0.25, 0.3) is 0 Å². The Bertz CT molecular complexity index is 658. The molecule has 0 aliphatic carbocycles. The number of likely N-dealkylation sites (N-methyl/N-ethyl adjacent to an activating group) is 1. The molecule has 0 aromatic carbocycles. The first-order valence-electron chi connectivity index (χ1n) is 21.5. The molecule has 1 amide bonds. The second kappa shape index (κ2) is 42.6. The van der Waals surface area contributed by atoms with Gasteiger partial charge in [0.25, 0.3) is 0 Å². The molecule has 0 radical (unpaired) electrons. The molecule has 50 heavy (non-hydrogen) atoms. The SMILES string of the molecule is CCCCCCCCCCCCCOCNCCNCCN(CCC(=O)NCCNCOCCCCCCCCCCCCC)CCN(C)C. The van der Waals surface area contributed by atoms with E-state index in [0.717, 1.165) is 72.0 Å². The van der Waals surface area contributed by atoms with Crippen molar-refractivity contribution in [3.05, 3.63) is 0 Å². The average molecular weight is 713 g/mol. The quantitative estimate of drug-likeness (QED) is 0.0378. The summed E-state index contributed by atoms with van der Waals surface area (Å²) in [5.74, 6) is 0.119. The third-order valence-corrected chi connectivity index (χ3v) is 9.42. The summed E-state index contributed by atoms with van der Waals surface area (Å²) in [6.45, 7) is 15.2. The van der Waals surface area contributed by atoms with Gasteiger partial charge in [-0.2, -0.15) is 0 Å². The minimum absolute atomic E-state index is 0.119. The first-order valence-corrected chi connectivity index (χ1v) is 21.5. The number of nitrogens with one attached hydrogen (secondary N) is 4. The molecular weight excluding hydrogens is 624 g/mol. The van der Waals surface area contributed by atoms with Crippen molar-refractivity contribution in [2.45, 2.75) is 162 Å². The zero-order chi connectivity index (χ0) is 36.4. The fourth-order valence-corrected chi connectivity index (χ4v) is 6.02. The topological polar surface area (TPSA) is 90.1 Å². The largest absolute Gasteiger partial charge is 0.366 e. The molecule has 0 rings (SSSR count). The van der Waals surface area contributed by atoms with Gasteiger partial charge in [0, 0.05) is 78.5 Å². The summed E-state index contributed by atoms with van der Waals surface area (Å²) in [7, 11) is 4.20. The molecule has 0 aromatic heterocycles. The van der Waals surface area contributed by atoms with Gasteiger partial charge in [0.1, 0.15) is 0 Å². The van der Waals surface area contributed by atoms with Gasteiger partial charge in [0.2, 0.25) is 5.91 Å². The molecule has 4 N–H and O–H groups in total. The van der Waals surface area contributed by atoms with E-state index in [1.807, 2.05) is 0 Å². The van der Waals surface area contributed by atoms with Crippen LogP contribution in [0, 0.1) is 0 Å². The fourth-order valence-electron chi connectivity index (χ4n) is 6.02. The molecule has 9 heteroatoms. The number of unbranched alkanes of at least 4 members (excludes halogenated alkanes) is 20. The van der Waals surface area contributed by atoms with E-state index in [4.69, 9.17) is 9.47 Å². The van der Waals surface area contributed by atoms with Crippen molar-refractivity contribution in [3.63, 3.8) is 0 Å². The number of nitrogens with zero attached hydrogens (tertiary/aromatic N) is 2. The van der Waals surface area contributed by atoms with Gasteiger partial charge in [-0.1, -0.05) is 142 Å². The van der Waals surface area contributed by atoms with Crippen LogP contribution < -0.4 is 21.3 Å². The van der Waals surface area contributed by atoms with Crippen LogP contribution >= 0.6 is 0 Å². The summed E-state index contributed by atoms with van der Waals surface area (Å²) < 4.78 is 11.5. The van der Waals surface area contributed by atoms with E-state index in [9.17, 15) is 4.79 Å². The summed E-state index contributed by atoms with van der Waals surface area (Å²) in [6.07, 6.45) is 30.4. The van der Waals surface area contributed by atoms with Gasteiger partial charge in [0.05, 0.1) is 13.5 Å². The molecule has 0 aliphatic rings. The number of amides is 1. The predicted octanol–water partition coefficient (Wildman–Crippen LogP) is 7.70. The molecule has 0 spiro atoms. The maximum absolute atomic E-state index is 12.5. The van der Waals surface area contributed by atoms with Crippen LogP contribution in [0.2, 0.25) is 0 Å². The van der Waals surface area contributed by atoms with Crippen LogP contribution in [0.4, 0.5) is 0 Å². The van der Waals surface area contributed by atoms with Crippen molar-refractivity contribution in [1.29, 1.82) is 0 Å². The Morgan fingerprint density at radius 1 is 0.460 bits per heavy atom. The maximum atomic E-state index is 12.5. The number of ether oxygens (including phenoxy) is 2. The zero-order valence-corrected chi connectivity index (χ0v) is 34.1. The normalized spacial score (nSPS) is 11.7. The first-order chi connectivity index (χ1) is 24.6. The number of rotatable bonds is 43. The third kappa shape index (κ3) is 41.6. The zero-order valence-electron chi connectivity index (χ0n) is 34.1. The standard InChI is InChI=1S/C41H88N6O3/c1-5-7-9-11-13-15-17-19-21-23-25-37-49-39-43-29-28-42-32-34-47(36-35-46(3)4)33-27-41(48)45-31-30-44-40-50-38-26-24-22-20-18-16-14-12-10-8-6-2/h42-44H,5-40H2,1-4H3,(H,45,48). The van der Waals surface area contributed by atoms with Gasteiger partial charge in [0.15, 0.2) is 0 Å². The summed E-state index contributed by atoms with van der Waals surface area (Å²) in [6, 6.07) is 0. The average Bonchev–Trinajstić information content (AvgIpc) is 3.11. The van der Waals surface area contributed by atoms with Gasteiger partial charge >= 0.3 is 0 Å². The molecule has 0 aromatic rings. The van der Waals surface area contributed by atoms with Gasteiger partial charge in [-0.3, -0.25) is 15.4 Å². The van der Waals surface area contributed by atoms with E-state index in [1.165, 1.54) is 135 Å². The molecule has 0 atom stereocenters. The Kier molecular flexibility index (Phi) is 41.9. The Morgan fingerprint density at radius 2 is 0.880 bits per heavy atom. The lowest BCUT2D eigenvalue weighted by Gasteiger charge is -2.24. The van der Waals surface area contributed by atoms with Crippen molar-refractivity contribution in [2.24, 2.45) is 0 Å². The van der Waals surface area contributed by atoms with Gasteiger partial charge in [-0.15, -0.1) is 0 Å². The molecule has 0 saturated heterocycles. The van der Waals surface area contributed by atoms with E-state index in [2.05, 4.69) is 59.0 Å².